The summed E-state index contributed by atoms with van der Waals surface area (Å²) in [6.07, 6.45) is 3.36. The molecule has 2 aliphatic carbocycles. The van der Waals surface area contributed by atoms with E-state index in [1.165, 1.54) is 0 Å². The van der Waals surface area contributed by atoms with E-state index in [1.807, 2.05) is 0 Å². The highest BCUT2D eigenvalue weighted by Gasteiger charge is 2.55. The van der Waals surface area contributed by atoms with Crippen LogP contribution in [0.4, 0.5) is 0 Å². The summed E-state index contributed by atoms with van der Waals surface area (Å²) in [5, 5.41) is -0.377. The van der Waals surface area contributed by atoms with Gasteiger partial charge in [-0.25, -0.2) is 8.42 Å². The average molecular weight is 258 g/mol. The SMILES string of the molecule is CC1C2CCC(=O)[C@@]1(CS(=O)(=O)C(C)C)CC2. The predicted molar refractivity (Wildman–Crippen MR) is 67.5 cm³/mol. The molecule has 2 bridgehead atoms. The molecule has 0 radical (unpaired) electrons. The van der Waals surface area contributed by atoms with Crippen LogP contribution in [-0.4, -0.2) is 25.2 Å². The van der Waals surface area contributed by atoms with Crippen LogP contribution in [0.1, 0.15) is 46.5 Å². The van der Waals surface area contributed by atoms with Gasteiger partial charge in [-0.3, -0.25) is 4.79 Å². The normalized spacial score (nSPS) is 37.8. The molecule has 3 nitrogen and oxygen atoms in total. The van der Waals surface area contributed by atoms with Gasteiger partial charge in [0, 0.05) is 11.8 Å². The second-order valence-corrected chi connectivity index (χ2v) is 8.62. The number of ketones is 1. The molecule has 17 heavy (non-hydrogen) atoms. The molecule has 0 spiro atoms. The minimum Gasteiger partial charge on any atom is -0.299 e. The second kappa shape index (κ2) is 4.08. The van der Waals surface area contributed by atoms with Crippen molar-refractivity contribution in [3.63, 3.8) is 0 Å². The summed E-state index contributed by atoms with van der Waals surface area (Å²) in [4.78, 5) is 12.2. The fourth-order valence-corrected chi connectivity index (χ4v) is 5.15. The molecular formula is C13H22O3S. The Bertz CT molecular complexity index is 424. The number of hydrogen-bond donors (Lipinski definition) is 0. The zero-order chi connectivity index (χ0) is 12.8. The fourth-order valence-electron chi connectivity index (χ4n) is 3.53. The lowest BCUT2D eigenvalue weighted by atomic mass is 9.68. The van der Waals surface area contributed by atoms with Gasteiger partial charge in [0.05, 0.1) is 11.0 Å². The zero-order valence-corrected chi connectivity index (χ0v) is 11.7. The standard InChI is InChI=1S/C13H22O3S/c1-9(2)17(15,16)8-13-7-6-11(10(13)3)4-5-12(13)14/h9-11H,4-8H2,1-3H3/t10?,11?,13-/m1/s1. The van der Waals surface area contributed by atoms with E-state index in [2.05, 4.69) is 6.92 Å². The maximum atomic E-state index is 12.2. The minimum atomic E-state index is -3.13. The van der Waals surface area contributed by atoms with Gasteiger partial charge >= 0.3 is 0 Å². The first-order valence-corrected chi connectivity index (χ1v) is 8.26. The van der Waals surface area contributed by atoms with Crippen molar-refractivity contribution < 1.29 is 13.2 Å². The van der Waals surface area contributed by atoms with Crippen LogP contribution < -0.4 is 0 Å². The number of carbonyl (C=O) groups excluding carboxylic acids is 1. The smallest absolute Gasteiger partial charge is 0.153 e. The Kier molecular flexibility index (Phi) is 3.13. The lowest BCUT2D eigenvalue weighted by molar-refractivity contribution is -0.132. The Balaban J connectivity index is 2.32. The molecule has 98 valence electrons. The molecule has 0 saturated heterocycles. The third-order valence-electron chi connectivity index (χ3n) is 5.01. The summed E-state index contributed by atoms with van der Waals surface area (Å²) in [6, 6.07) is 0. The molecule has 2 aliphatic rings. The Morgan fingerprint density at radius 1 is 1.35 bits per heavy atom. The monoisotopic (exact) mass is 258 g/mol. The van der Waals surface area contributed by atoms with Crippen molar-refractivity contribution in [1.82, 2.24) is 0 Å². The van der Waals surface area contributed by atoms with Gasteiger partial charge in [-0.15, -0.1) is 0 Å². The zero-order valence-electron chi connectivity index (χ0n) is 10.9. The van der Waals surface area contributed by atoms with Crippen molar-refractivity contribution in [2.24, 2.45) is 17.3 Å². The second-order valence-electron chi connectivity index (χ2n) is 6.06. The largest absolute Gasteiger partial charge is 0.299 e. The first kappa shape index (κ1) is 13.1. The molecule has 2 fully saturated rings. The van der Waals surface area contributed by atoms with Crippen LogP contribution in [0.3, 0.4) is 0 Å². The molecule has 4 heteroatoms. The molecular weight excluding hydrogens is 236 g/mol. The number of rotatable bonds is 3. The Morgan fingerprint density at radius 2 is 2.00 bits per heavy atom. The van der Waals surface area contributed by atoms with E-state index >= 15 is 0 Å². The van der Waals surface area contributed by atoms with Crippen molar-refractivity contribution >= 4 is 15.6 Å². The van der Waals surface area contributed by atoms with Crippen LogP contribution in [-0.2, 0) is 14.6 Å². The number of sulfone groups is 1. The summed E-state index contributed by atoms with van der Waals surface area (Å²) in [7, 11) is -3.13. The summed E-state index contributed by atoms with van der Waals surface area (Å²) in [5.41, 5.74) is -0.550. The van der Waals surface area contributed by atoms with Crippen LogP contribution in [0.15, 0.2) is 0 Å². The van der Waals surface area contributed by atoms with Crippen molar-refractivity contribution in [1.29, 1.82) is 0 Å². The van der Waals surface area contributed by atoms with E-state index in [9.17, 15) is 13.2 Å². The summed E-state index contributed by atoms with van der Waals surface area (Å²) in [6.45, 7) is 5.48. The van der Waals surface area contributed by atoms with E-state index in [1.54, 1.807) is 13.8 Å². The van der Waals surface area contributed by atoms with Gasteiger partial charge < -0.3 is 0 Å². The third kappa shape index (κ3) is 1.94. The van der Waals surface area contributed by atoms with Gasteiger partial charge in [-0.05, 0) is 44.9 Å². The maximum Gasteiger partial charge on any atom is 0.153 e. The molecule has 0 aliphatic heterocycles. The Hall–Kier alpha value is -0.380. The molecule has 0 aromatic carbocycles. The molecule has 0 aromatic rings. The van der Waals surface area contributed by atoms with Gasteiger partial charge in [0.1, 0.15) is 5.78 Å². The van der Waals surface area contributed by atoms with Crippen LogP contribution in [0.25, 0.3) is 0 Å². The Labute approximate surface area is 104 Å². The quantitative estimate of drug-likeness (QED) is 0.780. The van der Waals surface area contributed by atoms with Gasteiger partial charge in [0.15, 0.2) is 9.84 Å². The van der Waals surface area contributed by atoms with Crippen LogP contribution in [0.5, 0.6) is 0 Å². The van der Waals surface area contributed by atoms with Gasteiger partial charge in [0.25, 0.3) is 0 Å². The Morgan fingerprint density at radius 3 is 2.59 bits per heavy atom. The van der Waals surface area contributed by atoms with E-state index in [0.29, 0.717) is 12.3 Å². The first-order valence-electron chi connectivity index (χ1n) is 6.54. The molecule has 2 rings (SSSR count). The molecule has 0 heterocycles. The molecule has 0 N–H and O–H groups in total. The highest BCUT2D eigenvalue weighted by molar-refractivity contribution is 7.92. The summed E-state index contributed by atoms with van der Waals surface area (Å²) in [5.74, 6) is 1.09. The van der Waals surface area contributed by atoms with Crippen LogP contribution in [0.2, 0.25) is 0 Å². The molecule has 0 amide bonds. The van der Waals surface area contributed by atoms with Gasteiger partial charge in [0.2, 0.25) is 0 Å². The van der Waals surface area contributed by atoms with E-state index < -0.39 is 15.3 Å². The maximum absolute atomic E-state index is 12.2. The van der Waals surface area contributed by atoms with Crippen molar-refractivity contribution in [3.8, 4) is 0 Å². The first-order chi connectivity index (χ1) is 7.79. The minimum absolute atomic E-state index is 0.0775. The van der Waals surface area contributed by atoms with Gasteiger partial charge in [-0.1, -0.05) is 6.92 Å². The highest BCUT2D eigenvalue weighted by atomic mass is 32.2. The number of hydrogen-bond acceptors (Lipinski definition) is 3. The van der Waals surface area contributed by atoms with Crippen molar-refractivity contribution in [2.45, 2.75) is 51.7 Å². The van der Waals surface area contributed by atoms with Crippen molar-refractivity contribution in [3.05, 3.63) is 0 Å². The van der Waals surface area contributed by atoms with Gasteiger partial charge in [-0.2, -0.15) is 0 Å². The number of carbonyl (C=O) groups is 1. The highest BCUT2D eigenvalue weighted by Crippen LogP contribution is 2.54. The van der Waals surface area contributed by atoms with Crippen LogP contribution >= 0.6 is 0 Å². The number of Topliss-reactive ketones (excluding diaryl/α,β-unsaturated/α-hetero) is 1. The molecule has 0 aromatic heterocycles. The molecule has 3 atom stereocenters. The van der Waals surface area contributed by atoms with E-state index in [-0.39, 0.29) is 22.7 Å². The summed E-state index contributed by atoms with van der Waals surface area (Å²) >= 11 is 0. The molecule has 2 unspecified atom stereocenters. The summed E-state index contributed by atoms with van der Waals surface area (Å²) < 4.78 is 24.2. The third-order valence-corrected chi connectivity index (χ3v) is 7.37. The molecule has 2 saturated carbocycles. The van der Waals surface area contributed by atoms with E-state index in [4.69, 9.17) is 0 Å². The van der Waals surface area contributed by atoms with E-state index in [0.717, 1.165) is 19.3 Å². The average Bonchev–Trinajstić information content (AvgIpc) is 2.42. The number of fused-ring (bicyclic) bond motifs is 2. The fraction of sp³-hybridized carbons (Fsp3) is 0.923. The van der Waals surface area contributed by atoms with Crippen LogP contribution in [0, 0.1) is 17.3 Å². The predicted octanol–water partition coefficient (Wildman–Crippen LogP) is 2.21. The lowest BCUT2D eigenvalue weighted by Gasteiger charge is -2.38. The van der Waals surface area contributed by atoms with Crippen molar-refractivity contribution in [2.75, 3.05) is 5.75 Å². The lowest BCUT2D eigenvalue weighted by Crippen LogP contribution is -2.45. The topological polar surface area (TPSA) is 51.2 Å².